The largest absolute Gasteiger partial charge is 0.366 e. The lowest BCUT2D eigenvalue weighted by atomic mass is 10.1. The monoisotopic (exact) mass is 347 g/mol. The summed E-state index contributed by atoms with van der Waals surface area (Å²) >= 11 is 1.67. The Morgan fingerprint density at radius 2 is 2.12 bits per heavy atom. The molecule has 24 heavy (non-hydrogen) atoms. The van der Waals surface area contributed by atoms with E-state index in [0.29, 0.717) is 6.10 Å². The van der Waals surface area contributed by atoms with Crippen molar-refractivity contribution >= 4 is 11.8 Å². The molecule has 130 valence electrons. The third kappa shape index (κ3) is 4.82. The fourth-order valence-electron chi connectivity index (χ4n) is 3.04. The molecule has 1 aliphatic heterocycles. The van der Waals surface area contributed by atoms with Gasteiger partial charge in [0.15, 0.2) is 5.82 Å². The van der Waals surface area contributed by atoms with Crippen LogP contribution in [0.4, 0.5) is 0 Å². The molecule has 6 heteroatoms. The summed E-state index contributed by atoms with van der Waals surface area (Å²) in [6.45, 7) is 10.9. The van der Waals surface area contributed by atoms with Crippen molar-refractivity contribution in [2.45, 2.75) is 32.0 Å². The number of ether oxygens (including phenoxy) is 1. The number of thioether (sulfide) groups is 1. The topological polar surface area (TPSA) is 55.2 Å². The number of aryl methyl sites for hydroxylation is 1. The average Bonchev–Trinajstić information content (AvgIpc) is 3.02. The lowest BCUT2D eigenvalue weighted by Gasteiger charge is -2.30. The highest BCUT2D eigenvalue weighted by atomic mass is 32.2. The number of nitrogens with zero attached hydrogens (tertiary/aromatic N) is 2. The van der Waals surface area contributed by atoms with E-state index in [1.807, 2.05) is 0 Å². The van der Waals surface area contributed by atoms with Crippen LogP contribution in [0.1, 0.15) is 19.4 Å². The first-order valence-corrected chi connectivity index (χ1v) is 9.66. The van der Waals surface area contributed by atoms with Gasteiger partial charge in [0.05, 0.1) is 13.2 Å². The van der Waals surface area contributed by atoms with Gasteiger partial charge in [0, 0.05) is 17.2 Å². The molecule has 5 nitrogen and oxygen atoms in total. The van der Waals surface area contributed by atoms with Crippen LogP contribution >= 0.6 is 11.8 Å². The molecule has 2 heterocycles. The van der Waals surface area contributed by atoms with E-state index < -0.39 is 0 Å². The number of H-pyrrole nitrogens is 1. The number of rotatable bonds is 6. The number of hydrogen-bond acceptors (Lipinski definition) is 4. The van der Waals surface area contributed by atoms with Gasteiger partial charge in [0.1, 0.15) is 19.2 Å². The lowest BCUT2D eigenvalue weighted by Crippen LogP contribution is -3.15. The first kappa shape index (κ1) is 17.5. The Kier molecular flexibility index (Phi) is 5.92. The fourth-order valence-corrected chi connectivity index (χ4v) is 3.86. The van der Waals surface area contributed by atoms with E-state index in [-0.39, 0.29) is 0 Å². The van der Waals surface area contributed by atoms with E-state index in [1.54, 1.807) is 16.7 Å². The predicted molar refractivity (Wildman–Crippen MR) is 97.4 cm³/mol. The normalized spacial score (nSPS) is 21.3. The first-order chi connectivity index (χ1) is 11.6. The average molecular weight is 348 g/mol. The van der Waals surface area contributed by atoms with Gasteiger partial charge in [0.2, 0.25) is 5.16 Å². The molecule has 0 aliphatic carbocycles. The number of benzene rings is 1. The number of aromatic amines is 1. The summed E-state index contributed by atoms with van der Waals surface area (Å²) < 4.78 is 5.91. The van der Waals surface area contributed by atoms with E-state index in [4.69, 9.17) is 4.74 Å². The molecule has 1 aliphatic rings. The van der Waals surface area contributed by atoms with Crippen LogP contribution in [0, 0.1) is 12.8 Å². The Morgan fingerprint density at radius 1 is 1.33 bits per heavy atom. The second-order valence-electron chi connectivity index (χ2n) is 6.94. The molecule has 0 bridgehead atoms. The Labute approximate surface area is 148 Å². The summed E-state index contributed by atoms with van der Waals surface area (Å²) in [6.07, 6.45) is 0.291. The first-order valence-electron chi connectivity index (χ1n) is 8.67. The predicted octanol–water partition coefficient (Wildman–Crippen LogP) is 1.81. The molecular formula is C18H27N4OS+. The molecule has 2 atom stereocenters. The highest BCUT2D eigenvalue weighted by Crippen LogP contribution is 2.20. The van der Waals surface area contributed by atoms with E-state index in [9.17, 15) is 0 Å². The Morgan fingerprint density at radius 3 is 2.88 bits per heavy atom. The van der Waals surface area contributed by atoms with Crippen LogP contribution in [0.3, 0.4) is 0 Å². The van der Waals surface area contributed by atoms with Gasteiger partial charge in [0.25, 0.3) is 0 Å². The standard InChI is InChI=1S/C18H26N4OS/c1-13(2)10-22-8-9-23-16(11-22)12-24-18-19-17(20-21-18)15-6-4-14(3)5-7-15/h4-7,13,16H,8-12H2,1-3H3,(H,19,20,21)/p+1/t16-/m1/s1. The minimum Gasteiger partial charge on any atom is -0.366 e. The van der Waals surface area contributed by atoms with Crippen LogP contribution in [0.5, 0.6) is 0 Å². The number of nitrogens with one attached hydrogen (secondary N) is 2. The zero-order valence-electron chi connectivity index (χ0n) is 14.7. The highest BCUT2D eigenvalue weighted by molar-refractivity contribution is 7.99. The van der Waals surface area contributed by atoms with Crippen molar-refractivity contribution in [3.63, 3.8) is 0 Å². The summed E-state index contributed by atoms with van der Waals surface area (Å²) in [4.78, 5) is 6.25. The molecule has 1 unspecified atom stereocenters. The van der Waals surface area contributed by atoms with Gasteiger partial charge in [-0.1, -0.05) is 55.4 Å². The maximum absolute atomic E-state index is 5.91. The summed E-state index contributed by atoms with van der Waals surface area (Å²) in [5.74, 6) is 2.47. The number of hydrogen-bond donors (Lipinski definition) is 2. The van der Waals surface area contributed by atoms with Crippen molar-refractivity contribution in [3.8, 4) is 11.4 Å². The minimum atomic E-state index is 0.291. The molecule has 0 saturated carbocycles. The van der Waals surface area contributed by atoms with Gasteiger partial charge in [-0.25, -0.2) is 4.98 Å². The van der Waals surface area contributed by atoms with Crippen LogP contribution in [-0.4, -0.2) is 53.3 Å². The molecule has 0 spiro atoms. The van der Waals surface area contributed by atoms with Crippen LogP contribution in [0.15, 0.2) is 29.4 Å². The summed E-state index contributed by atoms with van der Waals surface area (Å²) in [5, 5.41) is 8.16. The van der Waals surface area contributed by atoms with Crippen molar-refractivity contribution in [3.05, 3.63) is 29.8 Å². The third-order valence-corrected chi connectivity index (χ3v) is 5.19. The maximum atomic E-state index is 5.91. The molecule has 1 saturated heterocycles. The molecule has 2 aromatic rings. The zero-order valence-corrected chi connectivity index (χ0v) is 15.5. The van der Waals surface area contributed by atoms with Crippen molar-refractivity contribution in [1.82, 2.24) is 15.2 Å². The maximum Gasteiger partial charge on any atom is 0.208 e. The molecule has 1 aromatic carbocycles. The minimum absolute atomic E-state index is 0.291. The van der Waals surface area contributed by atoms with Gasteiger partial charge < -0.3 is 9.64 Å². The molecule has 1 aromatic heterocycles. The van der Waals surface area contributed by atoms with Crippen molar-refractivity contribution < 1.29 is 9.64 Å². The summed E-state index contributed by atoms with van der Waals surface area (Å²) in [7, 11) is 0. The Bertz CT molecular complexity index is 641. The molecule has 1 fully saturated rings. The molecular weight excluding hydrogens is 320 g/mol. The Balaban J connectivity index is 1.53. The lowest BCUT2D eigenvalue weighted by molar-refractivity contribution is -0.914. The molecule has 2 N–H and O–H groups in total. The number of aromatic nitrogens is 3. The van der Waals surface area contributed by atoms with E-state index in [0.717, 1.165) is 47.9 Å². The van der Waals surface area contributed by atoms with Crippen LogP contribution in [0.25, 0.3) is 11.4 Å². The van der Waals surface area contributed by atoms with Crippen LogP contribution in [-0.2, 0) is 4.74 Å². The van der Waals surface area contributed by atoms with E-state index >= 15 is 0 Å². The van der Waals surface area contributed by atoms with Crippen molar-refractivity contribution in [2.75, 3.05) is 32.0 Å². The molecule has 0 radical (unpaired) electrons. The number of quaternary nitrogens is 1. The van der Waals surface area contributed by atoms with Crippen molar-refractivity contribution in [1.29, 1.82) is 0 Å². The van der Waals surface area contributed by atoms with Crippen LogP contribution in [0.2, 0.25) is 0 Å². The van der Waals surface area contributed by atoms with Crippen molar-refractivity contribution in [2.24, 2.45) is 5.92 Å². The third-order valence-electron chi connectivity index (χ3n) is 4.21. The van der Waals surface area contributed by atoms with E-state index in [2.05, 4.69) is 60.2 Å². The SMILES string of the molecule is Cc1ccc(-c2nc(SC[C@H]3C[NH+](CC(C)C)CCO3)n[nH]2)cc1. The quantitative estimate of drug-likeness (QED) is 0.783. The molecule has 0 amide bonds. The van der Waals surface area contributed by atoms with Gasteiger partial charge >= 0.3 is 0 Å². The zero-order chi connectivity index (χ0) is 16.9. The van der Waals surface area contributed by atoms with E-state index in [1.165, 1.54) is 12.1 Å². The molecule has 3 rings (SSSR count). The smallest absolute Gasteiger partial charge is 0.208 e. The summed E-state index contributed by atoms with van der Waals surface area (Å²) in [6, 6.07) is 8.32. The highest BCUT2D eigenvalue weighted by Gasteiger charge is 2.24. The fraction of sp³-hybridized carbons (Fsp3) is 0.556. The van der Waals surface area contributed by atoms with Gasteiger partial charge in [-0.2, -0.15) is 0 Å². The second kappa shape index (κ2) is 8.14. The van der Waals surface area contributed by atoms with Gasteiger partial charge in [-0.15, -0.1) is 5.10 Å². The number of morpholine rings is 1. The van der Waals surface area contributed by atoms with Gasteiger partial charge in [-0.05, 0) is 6.92 Å². The second-order valence-corrected chi connectivity index (χ2v) is 7.93. The van der Waals surface area contributed by atoms with Gasteiger partial charge in [-0.3, -0.25) is 5.10 Å². The summed E-state index contributed by atoms with van der Waals surface area (Å²) in [5.41, 5.74) is 2.32. The van der Waals surface area contributed by atoms with Crippen LogP contribution < -0.4 is 4.90 Å². The Hall–Kier alpha value is -1.37.